The van der Waals surface area contributed by atoms with Gasteiger partial charge in [-0.1, -0.05) is 117 Å². The number of allylic oxidation sites excluding steroid dienone is 4. The van der Waals surface area contributed by atoms with Crippen molar-refractivity contribution in [2.45, 2.75) is 111 Å². The molecule has 0 bridgehead atoms. The van der Waals surface area contributed by atoms with Gasteiger partial charge in [0.1, 0.15) is 0 Å². The van der Waals surface area contributed by atoms with Crippen molar-refractivity contribution >= 4 is 36.9 Å². The van der Waals surface area contributed by atoms with Gasteiger partial charge in [-0.25, -0.2) is 12.2 Å². The van der Waals surface area contributed by atoms with Gasteiger partial charge in [-0.05, 0) is 21.7 Å². The van der Waals surface area contributed by atoms with Crippen LogP contribution in [0.5, 0.6) is 0 Å². The molecule has 0 saturated heterocycles. The summed E-state index contributed by atoms with van der Waals surface area (Å²) in [6.07, 6.45) is 10.0. The van der Waals surface area contributed by atoms with E-state index in [4.69, 9.17) is 11.6 Å². The molecule has 4 aromatic carbocycles. The van der Waals surface area contributed by atoms with Crippen LogP contribution in [0.1, 0.15) is 117 Å². The Labute approximate surface area is 306 Å². The summed E-state index contributed by atoms with van der Waals surface area (Å²) in [5.74, 6) is 0. The maximum Gasteiger partial charge on any atom is -0.109 e. The molecule has 0 spiro atoms. The minimum atomic E-state index is 0. The van der Waals surface area contributed by atoms with Gasteiger partial charge in [-0.15, -0.1) is 46.2 Å². The van der Waals surface area contributed by atoms with Gasteiger partial charge in [0.05, 0.1) is 0 Å². The van der Waals surface area contributed by atoms with Gasteiger partial charge in [0, 0.05) is 0 Å². The molecule has 0 fully saturated rings. The van der Waals surface area contributed by atoms with E-state index in [1.54, 1.807) is 0 Å². The minimum absolute atomic E-state index is 0. The van der Waals surface area contributed by atoms with Gasteiger partial charge < -0.3 is 24.8 Å². The molecule has 1 aliphatic carbocycles. The van der Waals surface area contributed by atoms with E-state index in [0.29, 0.717) is 0 Å². The summed E-state index contributed by atoms with van der Waals surface area (Å²) in [5.41, 5.74) is 7.61. The molecule has 0 aliphatic heterocycles. The molecule has 0 heterocycles. The number of halogens is 3. The molecule has 0 amide bonds. The second-order valence-electron chi connectivity index (χ2n) is 15.8. The smallest absolute Gasteiger partial charge is 0.109 e. The van der Waals surface area contributed by atoms with Crippen LogP contribution in [0.3, 0.4) is 0 Å². The Balaban J connectivity index is 0.000000520. The third-order valence-electron chi connectivity index (χ3n) is 7.81. The predicted octanol–water partition coefficient (Wildman–Crippen LogP) is 6.25. The number of hydrogen-bond donors (Lipinski definition) is 0. The van der Waals surface area contributed by atoms with E-state index in [9.17, 15) is 0 Å². The molecule has 4 heteroatoms. The summed E-state index contributed by atoms with van der Waals surface area (Å²) < 4.78 is 2.11. The zero-order chi connectivity index (χ0) is 32.4. The Kier molecular flexibility index (Phi) is 15.0. The molecule has 0 atom stereocenters. The third kappa shape index (κ3) is 11.1. The molecule has 0 aromatic heterocycles. The second kappa shape index (κ2) is 16.2. The number of rotatable bonds is 1. The first kappa shape index (κ1) is 41.7. The predicted molar refractivity (Wildman–Crippen MR) is 190 cm³/mol. The van der Waals surface area contributed by atoms with Crippen LogP contribution in [-0.4, -0.2) is 3.71 Å². The maximum absolute atomic E-state index is 5.71. The Hall–Kier alpha value is -1.37. The number of fused-ring (bicyclic) bond motifs is 3. The van der Waals surface area contributed by atoms with E-state index < -0.39 is 0 Å². The van der Waals surface area contributed by atoms with Gasteiger partial charge in [0.25, 0.3) is 0 Å². The van der Waals surface area contributed by atoms with Crippen LogP contribution in [0.25, 0.3) is 21.5 Å². The normalized spacial score (nSPS) is 13.0. The summed E-state index contributed by atoms with van der Waals surface area (Å²) >= 11 is 7.12. The van der Waals surface area contributed by atoms with Gasteiger partial charge in [-0.3, -0.25) is 6.08 Å². The summed E-state index contributed by atoms with van der Waals surface area (Å²) in [6, 6.07) is 20.1. The molecule has 0 radical (unpaired) electrons. The third-order valence-corrected chi connectivity index (χ3v) is 8.87. The second-order valence-corrected chi connectivity index (χ2v) is 17.0. The average molecular weight is 741 g/mol. The van der Waals surface area contributed by atoms with Gasteiger partial charge >= 0.3 is 74.4 Å². The Morgan fingerprint density at radius 2 is 1.09 bits per heavy atom. The summed E-state index contributed by atoms with van der Waals surface area (Å²) in [6.45, 7) is 28.0. The van der Waals surface area contributed by atoms with E-state index in [1.165, 1.54) is 73.6 Å². The zero-order valence-electron chi connectivity index (χ0n) is 29.3. The van der Waals surface area contributed by atoms with Gasteiger partial charge in [0.15, 0.2) is 0 Å². The first-order valence-electron chi connectivity index (χ1n) is 15.4. The molecule has 0 unspecified atom stereocenters. The van der Waals surface area contributed by atoms with Crippen LogP contribution in [-0.2, 0) is 45.9 Å². The molecule has 5 rings (SSSR count). The van der Waals surface area contributed by atoms with Crippen LogP contribution in [0.2, 0.25) is 5.02 Å². The monoisotopic (exact) mass is 738 g/mol. The molecule has 4 aromatic rings. The van der Waals surface area contributed by atoms with Gasteiger partial charge in [-0.2, -0.15) is 6.08 Å². The zero-order valence-corrected chi connectivity index (χ0v) is 34.1. The van der Waals surface area contributed by atoms with Crippen molar-refractivity contribution in [1.29, 1.82) is 0 Å². The first-order chi connectivity index (χ1) is 19.7. The molecular weight excluding hydrogens is 690 g/mol. The van der Waals surface area contributed by atoms with Crippen molar-refractivity contribution in [3.63, 3.8) is 0 Å². The van der Waals surface area contributed by atoms with E-state index in [-0.39, 0.29) is 46.5 Å². The van der Waals surface area contributed by atoms with E-state index in [0.717, 1.165) is 11.4 Å². The topological polar surface area (TPSA) is 0 Å². The molecule has 0 saturated carbocycles. The largest absolute Gasteiger partial charge is 1.00 e. The van der Waals surface area contributed by atoms with Crippen molar-refractivity contribution in [3.05, 3.63) is 112 Å². The summed E-state index contributed by atoms with van der Waals surface area (Å²) in [5, 5.41) is 6.38. The summed E-state index contributed by atoms with van der Waals surface area (Å²) in [4.78, 5) is 0. The Morgan fingerprint density at radius 3 is 1.36 bits per heavy atom. The molecule has 0 N–H and O–H groups in total. The van der Waals surface area contributed by atoms with Crippen molar-refractivity contribution in [3.8, 4) is 0 Å². The quantitative estimate of drug-likeness (QED) is 0.203. The molecular formula is C41H51Cl3Zr-2. The molecule has 242 valence electrons. The van der Waals surface area contributed by atoms with Crippen molar-refractivity contribution in [2.75, 3.05) is 0 Å². The van der Waals surface area contributed by atoms with Crippen LogP contribution in [0.4, 0.5) is 0 Å². The molecule has 1 aliphatic rings. The van der Waals surface area contributed by atoms with Gasteiger partial charge in [0.2, 0.25) is 0 Å². The molecule has 0 nitrogen and oxygen atoms in total. The Bertz CT molecular complexity index is 1540. The van der Waals surface area contributed by atoms with Crippen LogP contribution >= 0.6 is 11.6 Å². The van der Waals surface area contributed by atoms with E-state index in [2.05, 4.69) is 129 Å². The fraction of sp³-hybridized carbons (Fsp3) is 0.415. The fourth-order valence-electron chi connectivity index (χ4n) is 5.52. The van der Waals surface area contributed by atoms with Crippen LogP contribution < -0.4 is 24.8 Å². The van der Waals surface area contributed by atoms with Crippen LogP contribution in [0, 0.1) is 6.08 Å². The average Bonchev–Trinajstić information content (AvgIpc) is 3.57. The Morgan fingerprint density at radius 1 is 0.667 bits per heavy atom. The summed E-state index contributed by atoms with van der Waals surface area (Å²) in [7, 11) is 0. The standard InChI is InChI=1S/C29H41.C7H5Cl.C5H5.2ClH.Zr/c1-26(2,3)22-14-18-13-19-15-23(27(4,5)6)25(29(10,11)12)17-21(19)20(18)16-24(22)28(7,8)9;1-6-3-2-4-7(8)5-6;1-2-4-5-3-1;;;/h13-17H,1-12H3;1-5H;1-3H,4H2;2*1H;/q-1;;-1;;;+2/p-2. The van der Waals surface area contributed by atoms with Crippen molar-refractivity contribution in [1.82, 2.24) is 0 Å². The number of benzene rings is 3. The number of hydrogen-bond acceptors (Lipinski definition) is 0. The SMILES string of the molecule is CC(C)(C)c1cc2[cH-]c3cc(C(C)(C)C)c(C(C)(C)C)cc3c2cc1C(C)(C)C.Clc1cccc([CH]=[Zr+2])c1.[C-]1=CC=CC1.[Cl-].[Cl-]. The fourth-order valence-corrected chi connectivity index (χ4v) is 6.16. The van der Waals surface area contributed by atoms with Crippen molar-refractivity contribution < 1.29 is 49.0 Å². The molecule has 45 heavy (non-hydrogen) atoms. The minimum Gasteiger partial charge on any atom is -1.00 e. The van der Waals surface area contributed by atoms with Crippen LogP contribution in [0.15, 0.2) is 72.8 Å². The van der Waals surface area contributed by atoms with E-state index >= 15 is 0 Å². The maximum atomic E-state index is 5.71. The first-order valence-corrected chi connectivity index (χ1v) is 17.2. The van der Waals surface area contributed by atoms with Crippen molar-refractivity contribution in [2.24, 2.45) is 0 Å². The van der Waals surface area contributed by atoms with E-state index in [1.807, 2.05) is 36.4 Å².